The number of hydrogen-bond donors (Lipinski definition) is 1. The first kappa shape index (κ1) is 15.6. The van der Waals surface area contributed by atoms with Gasteiger partial charge in [-0.15, -0.1) is 0 Å². The molecule has 0 fully saturated rings. The minimum atomic E-state index is -0.0467. The maximum Gasteiger partial charge on any atom is 0.224 e. The fraction of sp³-hybridized carbons (Fsp3) is 0.211. The molecule has 0 aliphatic heterocycles. The Bertz CT molecular complexity index is 838. The summed E-state index contributed by atoms with van der Waals surface area (Å²) in [4.78, 5) is 12.2. The zero-order chi connectivity index (χ0) is 16.2. The van der Waals surface area contributed by atoms with Gasteiger partial charge >= 0.3 is 0 Å². The molecule has 0 atom stereocenters. The standard InChI is InChI=1S/C19H18ClNO2/c1-2-13-7-8-18-16(9-13)15(12-23-18)10-19(22)21-11-14-5-3-4-6-17(14)20/h3-9,12H,2,10-11H2,1H3,(H,21,22). The first-order valence-corrected chi connectivity index (χ1v) is 8.04. The van der Waals surface area contributed by atoms with Gasteiger partial charge in [0.2, 0.25) is 5.91 Å². The molecule has 1 heterocycles. The minimum Gasteiger partial charge on any atom is -0.464 e. The molecule has 0 bridgehead atoms. The van der Waals surface area contributed by atoms with Gasteiger partial charge < -0.3 is 9.73 Å². The van der Waals surface area contributed by atoms with Gasteiger partial charge in [0.05, 0.1) is 12.7 Å². The van der Waals surface area contributed by atoms with Crippen molar-refractivity contribution in [2.45, 2.75) is 26.3 Å². The number of fused-ring (bicyclic) bond motifs is 1. The largest absolute Gasteiger partial charge is 0.464 e. The van der Waals surface area contributed by atoms with E-state index in [1.165, 1.54) is 5.56 Å². The third kappa shape index (κ3) is 3.57. The number of benzene rings is 2. The molecule has 0 saturated heterocycles. The quantitative estimate of drug-likeness (QED) is 0.749. The van der Waals surface area contributed by atoms with Gasteiger partial charge in [-0.3, -0.25) is 4.79 Å². The Morgan fingerprint density at radius 1 is 1.17 bits per heavy atom. The second-order valence-electron chi connectivity index (χ2n) is 5.49. The van der Waals surface area contributed by atoms with E-state index < -0.39 is 0 Å². The van der Waals surface area contributed by atoms with Crippen LogP contribution in [0.3, 0.4) is 0 Å². The zero-order valence-electron chi connectivity index (χ0n) is 12.9. The summed E-state index contributed by atoms with van der Waals surface area (Å²) in [7, 11) is 0. The molecule has 118 valence electrons. The summed E-state index contributed by atoms with van der Waals surface area (Å²) in [6.07, 6.45) is 2.92. The lowest BCUT2D eigenvalue weighted by Crippen LogP contribution is -2.24. The van der Waals surface area contributed by atoms with E-state index in [-0.39, 0.29) is 5.91 Å². The summed E-state index contributed by atoms with van der Waals surface area (Å²) in [5.74, 6) is -0.0467. The fourth-order valence-electron chi connectivity index (χ4n) is 2.56. The Hall–Kier alpha value is -2.26. The molecule has 0 spiro atoms. The third-order valence-electron chi connectivity index (χ3n) is 3.91. The molecule has 1 N–H and O–H groups in total. The highest BCUT2D eigenvalue weighted by Gasteiger charge is 2.11. The number of nitrogens with one attached hydrogen (secondary N) is 1. The Morgan fingerprint density at radius 3 is 2.78 bits per heavy atom. The highest BCUT2D eigenvalue weighted by Crippen LogP contribution is 2.23. The van der Waals surface area contributed by atoms with E-state index >= 15 is 0 Å². The van der Waals surface area contributed by atoms with Gasteiger partial charge in [0.15, 0.2) is 0 Å². The van der Waals surface area contributed by atoms with Crippen LogP contribution in [0, 0.1) is 0 Å². The fourth-order valence-corrected chi connectivity index (χ4v) is 2.76. The molecule has 0 saturated carbocycles. The molecular weight excluding hydrogens is 310 g/mol. The summed E-state index contributed by atoms with van der Waals surface area (Å²) in [5, 5.41) is 4.58. The Kier molecular flexibility index (Phi) is 4.68. The average molecular weight is 328 g/mol. The Labute approximate surface area is 140 Å². The predicted octanol–water partition coefficient (Wildman–Crippen LogP) is 4.51. The summed E-state index contributed by atoms with van der Waals surface area (Å²) < 4.78 is 5.53. The second-order valence-corrected chi connectivity index (χ2v) is 5.90. The van der Waals surface area contributed by atoms with E-state index in [1.807, 2.05) is 36.4 Å². The third-order valence-corrected chi connectivity index (χ3v) is 4.28. The lowest BCUT2D eigenvalue weighted by molar-refractivity contribution is -0.120. The summed E-state index contributed by atoms with van der Waals surface area (Å²) >= 11 is 6.10. The number of aryl methyl sites for hydroxylation is 1. The van der Waals surface area contributed by atoms with Crippen molar-refractivity contribution in [3.8, 4) is 0 Å². The number of rotatable bonds is 5. The van der Waals surface area contributed by atoms with Gasteiger partial charge in [-0.2, -0.15) is 0 Å². The number of hydrogen-bond acceptors (Lipinski definition) is 2. The Morgan fingerprint density at radius 2 is 2.00 bits per heavy atom. The molecule has 0 unspecified atom stereocenters. The number of carbonyl (C=O) groups is 1. The molecule has 2 aromatic carbocycles. The summed E-state index contributed by atoms with van der Waals surface area (Å²) in [6, 6.07) is 13.6. The molecule has 3 aromatic rings. The van der Waals surface area contributed by atoms with Crippen molar-refractivity contribution < 1.29 is 9.21 Å². The number of amides is 1. The van der Waals surface area contributed by atoms with Gasteiger partial charge in [-0.1, -0.05) is 42.8 Å². The first-order valence-electron chi connectivity index (χ1n) is 7.66. The van der Waals surface area contributed by atoms with Crippen LogP contribution in [0.15, 0.2) is 53.1 Å². The van der Waals surface area contributed by atoms with Crippen molar-refractivity contribution in [2.75, 3.05) is 0 Å². The number of halogens is 1. The van der Waals surface area contributed by atoms with Crippen molar-refractivity contribution in [1.82, 2.24) is 5.32 Å². The van der Waals surface area contributed by atoms with Crippen LogP contribution >= 0.6 is 11.6 Å². The van der Waals surface area contributed by atoms with E-state index in [0.717, 1.165) is 28.5 Å². The van der Waals surface area contributed by atoms with Crippen molar-refractivity contribution in [3.63, 3.8) is 0 Å². The van der Waals surface area contributed by atoms with Crippen molar-refractivity contribution in [2.24, 2.45) is 0 Å². The van der Waals surface area contributed by atoms with Crippen LogP contribution in [0.2, 0.25) is 5.02 Å². The van der Waals surface area contributed by atoms with Gasteiger partial charge in [0, 0.05) is 22.5 Å². The molecule has 1 amide bonds. The maximum atomic E-state index is 12.2. The molecule has 3 nitrogen and oxygen atoms in total. The van der Waals surface area contributed by atoms with Crippen LogP contribution in [0.4, 0.5) is 0 Å². The van der Waals surface area contributed by atoms with Gasteiger partial charge in [-0.05, 0) is 35.7 Å². The average Bonchev–Trinajstić information content (AvgIpc) is 2.96. The van der Waals surface area contributed by atoms with E-state index in [0.29, 0.717) is 18.0 Å². The molecule has 0 aliphatic carbocycles. The molecule has 0 radical (unpaired) electrons. The SMILES string of the molecule is CCc1ccc2occ(CC(=O)NCc3ccccc3Cl)c2c1. The van der Waals surface area contributed by atoms with Crippen molar-refractivity contribution in [1.29, 1.82) is 0 Å². The molecule has 0 aliphatic rings. The van der Waals surface area contributed by atoms with Gasteiger partial charge in [-0.25, -0.2) is 0 Å². The van der Waals surface area contributed by atoms with Crippen LogP contribution in [0.25, 0.3) is 11.0 Å². The van der Waals surface area contributed by atoms with Crippen molar-refractivity contribution >= 4 is 28.5 Å². The van der Waals surface area contributed by atoms with E-state index in [1.54, 1.807) is 6.26 Å². The normalized spacial score (nSPS) is 10.9. The number of carbonyl (C=O) groups excluding carboxylic acids is 1. The van der Waals surface area contributed by atoms with Gasteiger partial charge in [0.25, 0.3) is 0 Å². The van der Waals surface area contributed by atoms with Gasteiger partial charge in [0.1, 0.15) is 5.58 Å². The lowest BCUT2D eigenvalue weighted by atomic mass is 10.1. The van der Waals surface area contributed by atoms with E-state index in [4.69, 9.17) is 16.0 Å². The molecular formula is C19H18ClNO2. The maximum absolute atomic E-state index is 12.2. The monoisotopic (exact) mass is 327 g/mol. The minimum absolute atomic E-state index is 0.0467. The lowest BCUT2D eigenvalue weighted by Gasteiger charge is -2.06. The van der Waals surface area contributed by atoms with Crippen LogP contribution in [-0.4, -0.2) is 5.91 Å². The first-order chi connectivity index (χ1) is 11.2. The van der Waals surface area contributed by atoms with Crippen LogP contribution in [0.5, 0.6) is 0 Å². The summed E-state index contributed by atoms with van der Waals surface area (Å²) in [5.41, 5.74) is 3.87. The van der Waals surface area contributed by atoms with E-state index in [2.05, 4.69) is 18.3 Å². The molecule has 3 rings (SSSR count). The predicted molar refractivity (Wildman–Crippen MR) is 92.6 cm³/mol. The Balaban J connectivity index is 1.69. The topological polar surface area (TPSA) is 42.2 Å². The molecule has 1 aromatic heterocycles. The highest BCUT2D eigenvalue weighted by atomic mass is 35.5. The number of furan rings is 1. The molecule has 23 heavy (non-hydrogen) atoms. The van der Waals surface area contributed by atoms with Crippen molar-refractivity contribution in [3.05, 3.63) is 70.4 Å². The zero-order valence-corrected chi connectivity index (χ0v) is 13.7. The second kappa shape index (κ2) is 6.88. The summed E-state index contributed by atoms with van der Waals surface area (Å²) in [6.45, 7) is 2.53. The van der Waals surface area contributed by atoms with Crippen LogP contribution < -0.4 is 5.32 Å². The van der Waals surface area contributed by atoms with E-state index in [9.17, 15) is 4.79 Å². The molecule has 4 heteroatoms. The van der Waals surface area contributed by atoms with Crippen LogP contribution in [0.1, 0.15) is 23.6 Å². The van der Waals surface area contributed by atoms with Crippen LogP contribution in [-0.2, 0) is 24.2 Å². The smallest absolute Gasteiger partial charge is 0.224 e. The highest BCUT2D eigenvalue weighted by molar-refractivity contribution is 6.31.